The Morgan fingerprint density at radius 1 is 0.107 bits per heavy atom. The topological polar surface area (TPSA) is 146 Å². The molecule has 0 unspecified atom stereocenters. The second kappa shape index (κ2) is 37.0. The van der Waals surface area contributed by atoms with Gasteiger partial charge < -0.3 is 27.4 Å². The van der Waals surface area contributed by atoms with Crippen molar-refractivity contribution in [1.29, 1.82) is 0 Å². The summed E-state index contributed by atoms with van der Waals surface area (Å²) in [5.41, 5.74) is 29.1. The molecule has 0 amide bonds. The molecule has 702 valence electrons. The average Bonchev–Trinajstić information content (AvgIpc) is 1.55. The highest BCUT2D eigenvalue weighted by Crippen LogP contribution is 2.48. The van der Waals surface area contributed by atoms with Crippen LogP contribution in [0.3, 0.4) is 0 Å². The number of rotatable bonds is 15. The Bertz CT molecular complexity index is 10300. The minimum Gasteiger partial charge on any atom is -0.309 e. The van der Waals surface area contributed by atoms with Crippen LogP contribution in [-0.4, -0.2) is 72.3 Å². The first kappa shape index (κ1) is 87.3. The summed E-state index contributed by atoms with van der Waals surface area (Å²) in [5.74, 6) is 5.77. The molecule has 0 saturated heterocycles. The maximum atomic E-state index is 5.04. The Morgan fingerprint density at radius 2 is 0.280 bits per heavy atom. The van der Waals surface area contributed by atoms with Gasteiger partial charge in [-0.15, -0.1) is 0 Å². The van der Waals surface area contributed by atoms with Crippen molar-refractivity contribution in [1.82, 2.24) is 72.3 Å². The maximum Gasteiger partial charge on any atom is 0.164 e. The fourth-order valence-electron chi connectivity index (χ4n) is 22.1. The third-order valence-electron chi connectivity index (χ3n) is 28.6. The Labute approximate surface area is 861 Å². The van der Waals surface area contributed by atoms with Gasteiger partial charge in [-0.05, 0) is 133 Å². The molecule has 150 heavy (non-hydrogen) atoms. The van der Waals surface area contributed by atoms with Gasteiger partial charge in [0.25, 0.3) is 0 Å². The van der Waals surface area contributed by atoms with Crippen LogP contribution in [0.15, 0.2) is 528 Å². The summed E-state index contributed by atoms with van der Waals surface area (Å²) in [6.45, 7) is 0. The molecule has 0 N–H and O–H groups in total. The van der Waals surface area contributed by atoms with E-state index in [1.54, 1.807) is 0 Å². The Kier molecular flexibility index (Phi) is 21.5. The largest absolute Gasteiger partial charge is 0.309 e. The van der Waals surface area contributed by atoms with Crippen molar-refractivity contribution < 1.29 is 0 Å². The molecule has 0 aliphatic rings. The Hall–Kier alpha value is -20.6. The lowest BCUT2D eigenvalue weighted by Crippen LogP contribution is -2.01. The first-order valence-electron chi connectivity index (χ1n) is 50.4. The first-order chi connectivity index (χ1) is 74.4. The minimum absolute atomic E-state index is 0.631. The lowest BCUT2D eigenvalue weighted by atomic mass is 10.1. The van der Waals surface area contributed by atoms with E-state index in [0.717, 1.165) is 112 Å². The lowest BCUT2D eigenvalue weighted by molar-refractivity contribution is 1.07. The molecule has 0 bridgehead atoms. The molecule has 0 saturated carbocycles. The van der Waals surface area contributed by atoms with Crippen LogP contribution in [0.5, 0.6) is 0 Å². The van der Waals surface area contributed by atoms with Gasteiger partial charge in [0.1, 0.15) is 0 Å². The summed E-state index contributed by atoms with van der Waals surface area (Å²) >= 11 is 0. The van der Waals surface area contributed by atoms with Crippen LogP contribution in [0, 0.1) is 0 Å². The Morgan fingerprint density at radius 3 is 0.553 bits per heavy atom. The van der Waals surface area contributed by atoms with Gasteiger partial charge in [-0.3, -0.25) is 0 Å². The number of nitrogens with zero attached hydrogens (tertiary/aromatic N) is 15. The molecule has 0 aliphatic carbocycles. The van der Waals surface area contributed by atoms with E-state index in [9.17, 15) is 0 Å². The maximum absolute atomic E-state index is 5.04. The highest BCUT2D eigenvalue weighted by Gasteiger charge is 2.28. The summed E-state index contributed by atoms with van der Waals surface area (Å²) in [6, 6.07) is 184. The van der Waals surface area contributed by atoms with Gasteiger partial charge in [0.15, 0.2) is 52.4 Å². The van der Waals surface area contributed by atoms with Crippen LogP contribution >= 0.6 is 0 Å². The van der Waals surface area contributed by atoms with Crippen LogP contribution in [0.1, 0.15) is 0 Å². The van der Waals surface area contributed by atoms with Gasteiger partial charge in [0.05, 0.1) is 66.2 Å². The van der Waals surface area contributed by atoms with Gasteiger partial charge >= 0.3 is 0 Å². The predicted octanol–water partition coefficient (Wildman–Crippen LogP) is 33.2. The molecular formula is C135H87N15. The minimum atomic E-state index is 0.631. The standard InChI is InChI=1S/3C45H29N5/c1-4-15-30(16-5-1)43-46-44(31-17-6-2-7-18-31)48-45(47-43)32-19-14-22-34(29-32)49-39-26-13-11-24-37(39)41-40(49)28-27-36-35-23-10-12-25-38(35)50(42(36)41)33-20-8-3-9-21-33;1-4-15-30(16-5-1)43-46-44(31-17-6-2-7-18-31)48-45(47-43)32-19-14-22-34(29-32)50-38-25-12-10-23-35(38)36-27-28-40-41(42(36)50)37-24-11-13-26-39(37)49(40)33-20-8-3-9-21-33;1-4-15-30(16-5-1)43-46-44(31-17-6-2-7-18-31)48-45(47-43)32-19-14-22-34(29-32)50-38-26-13-11-24-36(38)42-40(50)28-27-39-41(42)35-23-10-12-25-37(35)49(39)33-20-8-3-9-21-33/h3*1-29H. The number of para-hydroxylation sites is 9. The van der Waals surface area contributed by atoms with Crippen molar-refractivity contribution in [3.8, 4) is 137 Å². The van der Waals surface area contributed by atoms with E-state index in [-0.39, 0.29) is 0 Å². The number of hydrogen-bond acceptors (Lipinski definition) is 9. The van der Waals surface area contributed by atoms with E-state index >= 15 is 0 Å². The third kappa shape index (κ3) is 15.2. The SMILES string of the molecule is c1ccc(-c2nc(-c3ccccc3)nc(-c3cccc(-n4c5ccccc5c5c4ccc4c6ccccc6n(-c6ccccc6)c45)c3)n2)cc1.c1ccc(-c2nc(-c3ccccc3)nc(-c3cccc(-n4c5ccccc5c5c6c7ccccc7n(-c7ccccc7)c6ccc54)c3)n2)cc1.c1ccc(-c2nc(-c3ccccc3)nc(-c3cccc(-n4c5ccccc5c5ccc6c(c7ccccc7n6-c6ccccc6)c54)c3)n2)cc1. The van der Waals surface area contributed by atoms with Gasteiger partial charge in [-0.2, -0.15) is 0 Å². The fourth-order valence-corrected chi connectivity index (χ4v) is 22.1. The zero-order chi connectivity index (χ0) is 99.1. The van der Waals surface area contributed by atoms with Crippen LogP contribution in [0.25, 0.3) is 267 Å². The van der Waals surface area contributed by atoms with Gasteiger partial charge in [-0.1, -0.05) is 394 Å². The zero-order valence-electron chi connectivity index (χ0n) is 80.9. The average molecular weight is 1920 g/mol. The van der Waals surface area contributed by atoms with Gasteiger partial charge in [0, 0.05) is 149 Å². The van der Waals surface area contributed by atoms with Crippen LogP contribution in [0.2, 0.25) is 0 Å². The second-order valence-corrected chi connectivity index (χ2v) is 37.5. The van der Waals surface area contributed by atoms with Crippen LogP contribution in [-0.2, 0) is 0 Å². The molecule has 0 radical (unpaired) electrons. The first-order valence-corrected chi connectivity index (χ1v) is 50.4. The van der Waals surface area contributed by atoms with E-state index in [1.165, 1.54) is 103 Å². The van der Waals surface area contributed by atoms with Gasteiger partial charge in [-0.25, -0.2) is 44.9 Å². The third-order valence-corrected chi connectivity index (χ3v) is 28.6. The van der Waals surface area contributed by atoms with Crippen molar-refractivity contribution in [2.75, 3.05) is 0 Å². The molecule has 9 heterocycles. The number of benzene rings is 21. The number of hydrogen-bond donors (Lipinski definition) is 0. The monoisotopic (exact) mass is 1920 g/mol. The quantitative estimate of drug-likeness (QED) is 0.0979. The smallest absolute Gasteiger partial charge is 0.164 e. The molecule has 0 fully saturated rings. The number of fused-ring (bicyclic) bond motifs is 21. The normalized spacial score (nSPS) is 11.6. The number of aromatic nitrogens is 15. The summed E-state index contributed by atoms with van der Waals surface area (Å²) < 4.78 is 14.3. The molecule has 0 spiro atoms. The summed E-state index contributed by atoms with van der Waals surface area (Å²) in [5, 5.41) is 14.7. The van der Waals surface area contributed by atoms with Crippen molar-refractivity contribution >= 4 is 131 Å². The predicted molar refractivity (Wildman–Crippen MR) is 614 cm³/mol. The van der Waals surface area contributed by atoms with E-state index in [1.807, 2.05) is 182 Å². The molecule has 9 aromatic heterocycles. The zero-order valence-corrected chi connectivity index (χ0v) is 80.9. The highest BCUT2D eigenvalue weighted by molar-refractivity contribution is 6.30. The molecule has 0 aliphatic heterocycles. The van der Waals surface area contributed by atoms with Gasteiger partial charge in [0.2, 0.25) is 0 Å². The molecule has 15 heteroatoms. The van der Waals surface area contributed by atoms with E-state index in [0.29, 0.717) is 52.4 Å². The Balaban J connectivity index is 0.000000108. The van der Waals surface area contributed by atoms with Crippen LogP contribution < -0.4 is 0 Å². The molecule has 0 atom stereocenters. The van der Waals surface area contributed by atoms with E-state index in [2.05, 4.69) is 373 Å². The summed E-state index contributed by atoms with van der Waals surface area (Å²) in [4.78, 5) is 44.9. The van der Waals surface area contributed by atoms with Crippen molar-refractivity contribution in [3.63, 3.8) is 0 Å². The molecular weight excluding hydrogens is 1830 g/mol. The fraction of sp³-hybridized carbons (Fsp3) is 0. The van der Waals surface area contributed by atoms with E-state index in [4.69, 9.17) is 44.9 Å². The van der Waals surface area contributed by atoms with Crippen LogP contribution in [0.4, 0.5) is 0 Å². The van der Waals surface area contributed by atoms with Crippen molar-refractivity contribution in [3.05, 3.63) is 528 Å². The molecule has 30 rings (SSSR count). The second-order valence-electron chi connectivity index (χ2n) is 37.5. The van der Waals surface area contributed by atoms with E-state index < -0.39 is 0 Å². The summed E-state index contributed by atoms with van der Waals surface area (Å²) in [6.07, 6.45) is 0. The molecule has 15 nitrogen and oxygen atoms in total. The molecule has 21 aromatic carbocycles. The molecule has 30 aromatic rings. The van der Waals surface area contributed by atoms with Crippen molar-refractivity contribution in [2.24, 2.45) is 0 Å². The van der Waals surface area contributed by atoms with Crippen molar-refractivity contribution in [2.45, 2.75) is 0 Å². The highest BCUT2D eigenvalue weighted by atomic mass is 15.1. The lowest BCUT2D eigenvalue weighted by Gasteiger charge is -2.12. The summed E-state index contributed by atoms with van der Waals surface area (Å²) in [7, 11) is 0.